The fourth-order valence-electron chi connectivity index (χ4n) is 5.66. The summed E-state index contributed by atoms with van der Waals surface area (Å²) in [6, 6.07) is 20.2. The summed E-state index contributed by atoms with van der Waals surface area (Å²) in [6.07, 6.45) is 7.83. The van der Waals surface area contributed by atoms with Gasteiger partial charge in [-0.2, -0.15) is 0 Å². The molecule has 4 heterocycles. The second kappa shape index (κ2) is 10.3. The minimum absolute atomic E-state index is 0.101. The normalized spacial score (nSPS) is 16.9. The number of carbonyl (C=O) groups is 1. The van der Waals surface area contributed by atoms with Crippen molar-refractivity contribution in [3.8, 4) is 11.1 Å². The average molecular weight is 494 g/mol. The van der Waals surface area contributed by atoms with E-state index in [-0.39, 0.29) is 11.5 Å². The maximum Gasteiger partial charge on any atom is 0.269 e. The number of benzene rings is 2. The summed E-state index contributed by atoms with van der Waals surface area (Å²) in [5.41, 5.74) is 4.63. The molecule has 6 rings (SSSR count). The van der Waals surface area contributed by atoms with E-state index in [0.717, 1.165) is 42.6 Å². The van der Waals surface area contributed by atoms with Crippen molar-refractivity contribution in [3.05, 3.63) is 94.5 Å². The SMILES string of the molecule is O=C(c1ccc(-c2cnc3ncc(=O)n(Cc4ccccc4)c3c2)cc1)N1CCC(N2CCCC2)CC1. The highest BCUT2D eigenvalue weighted by Crippen LogP contribution is 2.25. The number of fused-ring (bicyclic) bond motifs is 1. The molecule has 2 aromatic heterocycles. The number of hydrogen-bond acceptors (Lipinski definition) is 5. The van der Waals surface area contributed by atoms with Crippen molar-refractivity contribution >= 4 is 17.1 Å². The van der Waals surface area contributed by atoms with Gasteiger partial charge in [-0.1, -0.05) is 42.5 Å². The van der Waals surface area contributed by atoms with Gasteiger partial charge in [-0.15, -0.1) is 0 Å². The first-order valence-electron chi connectivity index (χ1n) is 13.2. The highest BCUT2D eigenvalue weighted by molar-refractivity contribution is 5.95. The van der Waals surface area contributed by atoms with Gasteiger partial charge in [-0.3, -0.25) is 14.2 Å². The maximum absolute atomic E-state index is 13.2. The number of piperidine rings is 1. The Morgan fingerprint density at radius 1 is 0.838 bits per heavy atom. The topological polar surface area (TPSA) is 71.3 Å². The molecule has 188 valence electrons. The van der Waals surface area contributed by atoms with Gasteiger partial charge in [0, 0.05) is 36.5 Å². The van der Waals surface area contributed by atoms with Crippen LogP contribution in [0.4, 0.5) is 0 Å². The predicted octanol–water partition coefficient (Wildman–Crippen LogP) is 4.21. The molecule has 0 unspecified atom stereocenters. The Kier molecular flexibility index (Phi) is 6.53. The Hall–Kier alpha value is -3.84. The van der Waals surface area contributed by atoms with Gasteiger partial charge in [0.05, 0.1) is 18.3 Å². The summed E-state index contributed by atoms with van der Waals surface area (Å²) in [6.45, 7) is 4.51. The average Bonchev–Trinajstić information content (AvgIpc) is 3.50. The van der Waals surface area contributed by atoms with Crippen LogP contribution < -0.4 is 5.56 Å². The van der Waals surface area contributed by atoms with E-state index < -0.39 is 0 Å². The van der Waals surface area contributed by atoms with E-state index in [1.165, 1.54) is 32.1 Å². The molecule has 37 heavy (non-hydrogen) atoms. The third-order valence-electron chi connectivity index (χ3n) is 7.76. The Morgan fingerprint density at radius 2 is 1.54 bits per heavy atom. The molecule has 2 aliphatic rings. The smallest absolute Gasteiger partial charge is 0.269 e. The molecule has 0 atom stereocenters. The number of hydrogen-bond donors (Lipinski definition) is 0. The van der Waals surface area contributed by atoms with Crippen molar-refractivity contribution in [3.63, 3.8) is 0 Å². The summed E-state index contributed by atoms with van der Waals surface area (Å²) >= 11 is 0. The number of aromatic nitrogens is 3. The van der Waals surface area contributed by atoms with Crippen LogP contribution in [-0.4, -0.2) is 62.5 Å². The van der Waals surface area contributed by atoms with Crippen LogP contribution in [0, 0.1) is 0 Å². The number of carbonyl (C=O) groups excluding carboxylic acids is 1. The van der Waals surface area contributed by atoms with E-state index in [2.05, 4.69) is 14.9 Å². The van der Waals surface area contributed by atoms with E-state index in [9.17, 15) is 9.59 Å². The first-order chi connectivity index (χ1) is 18.2. The van der Waals surface area contributed by atoms with Crippen LogP contribution in [-0.2, 0) is 6.54 Å². The van der Waals surface area contributed by atoms with E-state index in [1.54, 1.807) is 10.8 Å². The van der Waals surface area contributed by atoms with Gasteiger partial charge in [-0.05, 0) is 68.1 Å². The Balaban J connectivity index is 1.20. The molecule has 0 bridgehead atoms. The van der Waals surface area contributed by atoms with Gasteiger partial charge < -0.3 is 9.80 Å². The lowest BCUT2D eigenvalue weighted by atomic mass is 10.0. The molecule has 7 heteroatoms. The molecule has 2 saturated heterocycles. The highest BCUT2D eigenvalue weighted by Gasteiger charge is 2.28. The zero-order valence-electron chi connectivity index (χ0n) is 20.9. The van der Waals surface area contributed by atoms with Gasteiger partial charge in [-0.25, -0.2) is 9.97 Å². The van der Waals surface area contributed by atoms with Gasteiger partial charge in [0.15, 0.2) is 5.65 Å². The molecule has 0 spiro atoms. The predicted molar refractivity (Wildman–Crippen MR) is 145 cm³/mol. The van der Waals surface area contributed by atoms with Crippen LogP contribution >= 0.6 is 0 Å². The van der Waals surface area contributed by atoms with Crippen molar-refractivity contribution in [2.24, 2.45) is 0 Å². The fourth-order valence-corrected chi connectivity index (χ4v) is 5.66. The standard InChI is InChI=1S/C30H31N5O2/c36-28-20-32-29-27(35(28)21-22-6-2-1-3-7-22)18-25(19-31-29)23-8-10-24(11-9-23)30(37)34-16-12-26(13-17-34)33-14-4-5-15-33/h1-3,6-11,18-20,26H,4-5,12-17,21H2. The summed E-state index contributed by atoms with van der Waals surface area (Å²) in [5.74, 6) is 0.101. The Labute approximate surface area is 216 Å². The third kappa shape index (κ3) is 4.91. The Bertz CT molecular complexity index is 1450. The fraction of sp³-hybridized carbons (Fsp3) is 0.333. The lowest BCUT2D eigenvalue weighted by Crippen LogP contribution is -2.45. The van der Waals surface area contributed by atoms with E-state index in [0.29, 0.717) is 29.3 Å². The van der Waals surface area contributed by atoms with Crippen LogP contribution in [0.2, 0.25) is 0 Å². The quantitative estimate of drug-likeness (QED) is 0.417. The van der Waals surface area contributed by atoms with E-state index >= 15 is 0 Å². The minimum atomic E-state index is -0.162. The lowest BCUT2D eigenvalue weighted by molar-refractivity contribution is 0.0644. The molecule has 0 aliphatic carbocycles. The maximum atomic E-state index is 13.2. The minimum Gasteiger partial charge on any atom is -0.339 e. The molecule has 0 saturated carbocycles. The van der Waals surface area contributed by atoms with Crippen molar-refractivity contribution in [1.29, 1.82) is 0 Å². The monoisotopic (exact) mass is 493 g/mol. The molecule has 4 aromatic rings. The molecular formula is C30H31N5O2. The number of rotatable bonds is 5. The van der Waals surface area contributed by atoms with Gasteiger partial charge in [0.25, 0.3) is 11.5 Å². The van der Waals surface area contributed by atoms with E-state index in [4.69, 9.17) is 0 Å². The molecule has 7 nitrogen and oxygen atoms in total. The van der Waals surface area contributed by atoms with Crippen molar-refractivity contribution in [2.45, 2.75) is 38.3 Å². The number of likely N-dealkylation sites (tertiary alicyclic amines) is 2. The van der Waals surface area contributed by atoms with Gasteiger partial charge in [0.2, 0.25) is 0 Å². The summed E-state index contributed by atoms with van der Waals surface area (Å²) in [5, 5.41) is 0. The van der Waals surface area contributed by atoms with Crippen molar-refractivity contribution < 1.29 is 4.79 Å². The van der Waals surface area contributed by atoms with Crippen LogP contribution in [0.3, 0.4) is 0 Å². The summed E-state index contributed by atoms with van der Waals surface area (Å²) in [4.78, 5) is 39.2. The van der Waals surface area contributed by atoms with Crippen LogP contribution in [0.1, 0.15) is 41.6 Å². The number of amides is 1. The van der Waals surface area contributed by atoms with Crippen LogP contribution in [0.15, 0.2) is 77.9 Å². The van der Waals surface area contributed by atoms with Gasteiger partial charge >= 0.3 is 0 Å². The number of pyridine rings is 1. The van der Waals surface area contributed by atoms with Crippen LogP contribution in [0.5, 0.6) is 0 Å². The molecular weight excluding hydrogens is 462 g/mol. The van der Waals surface area contributed by atoms with Crippen LogP contribution in [0.25, 0.3) is 22.3 Å². The molecule has 0 radical (unpaired) electrons. The first kappa shape index (κ1) is 23.6. The summed E-state index contributed by atoms with van der Waals surface area (Å²) < 4.78 is 1.71. The largest absolute Gasteiger partial charge is 0.339 e. The third-order valence-corrected chi connectivity index (χ3v) is 7.76. The zero-order valence-corrected chi connectivity index (χ0v) is 20.9. The Morgan fingerprint density at radius 3 is 2.27 bits per heavy atom. The number of nitrogens with zero attached hydrogens (tertiary/aromatic N) is 5. The molecule has 2 aliphatic heterocycles. The second-order valence-corrected chi connectivity index (χ2v) is 10.1. The van der Waals surface area contributed by atoms with E-state index in [1.807, 2.05) is 65.6 Å². The zero-order chi connectivity index (χ0) is 25.2. The molecule has 1 amide bonds. The summed E-state index contributed by atoms with van der Waals surface area (Å²) in [7, 11) is 0. The molecule has 2 fully saturated rings. The van der Waals surface area contributed by atoms with Crippen molar-refractivity contribution in [2.75, 3.05) is 26.2 Å². The van der Waals surface area contributed by atoms with Crippen molar-refractivity contribution in [1.82, 2.24) is 24.3 Å². The highest BCUT2D eigenvalue weighted by atomic mass is 16.2. The first-order valence-corrected chi connectivity index (χ1v) is 13.2. The molecule has 0 N–H and O–H groups in total. The molecule has 2 aromatic carbocycles. The van der Waals surface area contributed by atoms with Gasteiger partial charge in [0.1, 0.15) is 0 Å². The second-order valence-electron chi connectivity index (χ2n) is 10.1. The lowest BCUT2D eigenvalue weighted by Gasteiger charge is -2.36.